The summed E-state index contributed by atoms with van der Waals surface area (Å²) in [5.41, 5.74) is 3.41. The van der Waals surface area contributed by atoms with Crippen molar-refractivity contribution in [1.29, 1.82) is 0 Å². The third kappa shape index (κ3) is 3.87. The van der Waals surface area contributed by atoms with Gasteiger partial charge in [0.05, 0.1) is 28.2 Å². The van der Waals surface area contributed by atoms with E-state index in [0.29, 0.717) is 31.8 Å². The van der Waals surface area contributed by atoms with Crippen LogP contribution in [0, 0.1) is 11.7 Å². The van der Waals surface area contributed by atoms with Crippen LogP contribution in [0.15, 0.2) is 43.5 Å². The number of hydrazone groups is 1. The fourth-order valence-corrected chi connectivity index (χ4v) is 5.01. The van der Waals surface area contributed by atoms with Crippen LogP contribution in [-0.2, 0) is 9.63 Å². The van der Waals surface area contributed by atoms with E-state index < -0.39 is 23.7 Å². The molecule has 162 valence electrons. The normalized spacial score (nSPS) is 19.3. The van der Waals surface area contributed by atoms with Gasteiger partial charge in [-0.3, -0.25) is 4.79 Å². The van der Waals surface area contributed by atoms with Crippen molar-refractivity contribution in [2.75, 3.05) is 13.9 Å². The van der Waals surface area contributed by atoms with Crippen LogP contribution in [-0.4, -0.2) is 31.7 Å². The van der Waals surface area contributed by atoms with Gasteiger partial charge in [-0.15, -0.1) is 0 Å². The summed E-state index contributed by atoms with van der Waals surface area (Å²) in [6, 6.07) is 6.09. The first-order valence-electron chi connectivity index (χ1n) is 9.10. The molecule has 0 aliphatic carbocycles. The summed E-state index contributed by atoms with van der Waals surface area (Å²) in [5, 5.41) is 7.76. The summed E-state index contributed by atoms with van der Waals surface area (Å²) in [5.74, 6) is -0.0186. The zero-order valence-corrected chi connectivity index (χ0v) is 19.5. The number of hydrogen-bond donors (Lipinski definition) is 1. The Kier molecular flexibility index (Phi) is 6.15. The Labute approximate surface area is 193 Å². The number of ether oxygens (including phenoxy) is 3. The average molecular weight is 557 g/mol. The zero-order chi connectivity index (χ0) is 22.1. The van der Waals surface area contributed by atoms with Crippen molar-refractivity contribution in [1.82, 2.24) is 5.43 Å². The van der Waals surface area contributed by atoms with Gasteiger partial charge in [0.2, 0.25) is 12.5 Å². The van der Waals surface area contributed by atoms with E-state index in [-0.39, 0.29) is 18.1 Å². The maximum Gasteiger partial charge on any atom is 0.289 e. The van der Waals surface area contributed by atoms with Crippen molar-refractivity contribution in [3.8, 4) is 17.2 Å². The molecule has 2 aliphatic heterocycles. The Hall–Kier alpha value is -2.66. The number of fused-ring (bicyclic) bond motifs is 1. The van der Waals surface area contributed by atoms with Crippen LogP contribution >= 0.6 is 31.9 Å². The lowest BCUT2D eigenvalue weighted by atomic mass is 9.93. The highest BCUT2D eigenvalue weighted by molar-refractivity contribution is 9.11. The quantitative estimate of drug-likeness (QED) is 0.438. The summed E-state index contributed by atoms with van der Waals surface area (Å²) in [7, 11) is 1.52. The fourth-order valence-electron chi connectivity index (χ4n) is 3.26. The minimum atomic E-state index is -0.608. The second-order valence-corrected chi connectivity index (χ2v) is 8.24. The lowest BCUT2D eigenvalue weighted by Gasteiger charge is -2.20. The first-order valence-corrected chi connectivity index (χ1v) is 10.7. The number of nitrogens with zero attached hydrogens (tertiary/aromatic N) is 2. The minimum absolute atomic E-state index is 0.0609. The lowest BCUT2D eigenvalue weighted by Crippen LogP contribution is -2.31. The highest BCUT2D eigenvalue weighted by atomic mass is 79.9. The van der Waals surface area contributed by atoms with Crippen molar-refractivity contribution in [2.45, 2.75) is 13.0 Å². The molecule has 0 bridgehead atoms. The van der Waals surface area contributed by atoms with Gasteiger partial charge in [-0.25, -0.2) is 9.82 Å². The number of benzene rings is 2. The second-order valence-electron chi connectivity index (χ2n) is 6.65. The van der Waals surface area contributed by atoms with E-state index in [4.69, 9.17) is 19.0 Å². The molecule has 2 heterocycles. The first-order chi connectivity index (χ1) is 14.9. The van der Waals surface area contributed by atoms with Crippen LogP contribution in [0.1, 0.15) is 24.2 Å². The summed E-state index contributed by atoms with van der Waals surface area (Å²) in [6.45, 7) is 1.86. The van der Waals surface area contributed by atoms with Gasteiger partial charge in [0.15, 0.2) is 23.3 Å². The van der Waals surface area contributed by atoms with Gasteiger partial charge in [-0.2, -0.15) is 5.10 Å². The summed E-state index contributed by atoms with van der Waals surface area (Å²) in [4.78, 5) is 18.2. The summed E-state index contributed by atoms with van der Waals surface area (Å²) >= 11 is 7.07. The molecule has 0 fully saturated rings. The van der Waals surface area contributed by atoms with Crippen molar-refractivity contribution in [3.05, 3.63) is 50.2 Å². The molecule has 0 spiro atoms. The van der Waals surface area contributed by atoms with Crippen molar-refractivity contribution >= 4 is 49.7 Å². The van der Waals surface area contributed by atoms with Crippen molar-refractivity contribution in [2.24, 2.45) is 16.2 Å². The van der Waals surface area contributed by atoms with Gasteiger partial charge in [-0.05, 0) is 37.9 Å². The Morgan fingerprint density at radius 3 is 2.77 bits per heavy atom. The van der Waals surface area contributed by atoms with E-state index in [1.54, 1.807) is 25.1 Å². The van der Waals surface area contributed by atoms with Crippen LogP contribution in [0.25, 0.3) is 0 Å². The van der Waals surface area contributed by atoms with Gasteiger partial charge >= 0.3 is 0 Å². The van der Waals surface area contributed by atoms with Crippen LogP contribution in [0.5, 0.6) is 17.2 Å². The van der Waals surface area contributed by atoms with Gasteiger partial charge in [0, 0.05) is 11.1 Å². The number of rotatable bonds is 5. The SMILES string of the molecule is COc1c(Br)c([C@@H]2ON=C(C(=O)N/N=C\c3ccccc3F)[C@@H]2C)c(Br)c2c1OCO2. The standard InChI is InChI=1S/C20H16Br2FN3O5/c1-9-15(20(27)25-24-7-10-5-3-4-6-11(10)23)26-31-16(9)12-13(21)17(28-2)19-18(14(12)22)29-8-30-19/h3-7,9,16H,8H2,1-2H3,(H,25,27)/b24-7-/t9-,16+/m0/s1. The molecule has 2 aromatic rings. The Balaban J connectivity index is 1.54. The molecule has 0 radical (unpaired) electrons. The predicted molar refractivity (Wildman–Crippen MR) is 117 cm³/mol. The van der Waals surface area contributed by atoms with Gasteiger partial charge in [0.25, 0.3) is 5.91 Å². The average Bonchev–Trinajstić information content (AvgIpc) is 3.38. The Morgan fingerprint density at radius 2 is 2.03 bits per heavy atom. The topological polar surface area (TPSA) is 90.7 Å². The van der Waals surface area contributed by atoms with E-state index in [0.717, 1.165) is 0 Å². The molecular weight excluding hydrogens is 541 g/mol. The molecule has 1 N–H and O–H groups in total. The van der Waals surface area contributed by atoms with E-state index in [1.165, 1.54) is 19.4 Å². The lowest BCUT2D eigenvalue weighted by molar-refractivity contribution is -0.115. The van der Waals surface area contributed by atoms with E-state index in [1.807, 2.05) is 0 Å². The van der Waals surface area contributed by atoms with Crippen LogP contribution < -0.4 is 19.6 Å². The monoisotopic (exact) mass is 555 g/mol. The molecule has 2 aromatic carbocycles. The molecule has 2 atom stereocenters. The molecule has 31 heavy (non-hydrogen) atoms. The predicted octanol–water partition coefficient (Wildman–Crippen LogP) is 4.30. The molecule has 8 nitrogen and oxygen atoms in total. The Morgan fingerprint density at radius 1 is 1.29 bits per heavy atom. The van der Waals surface area contributed by atoms with E-state index in [2.05, 4.69) is 47.5 Å². The molecule has 4 rings (SSSR count). The van der Waals surface area contributed by atoms with Crippen molar-refractivity contribution in [3.63, 3.8) is 0 Å². The molecule has 0 saturated heterocycles. The minimum Gasteiger partial charge on any atom is -0.492 e. The second kappa shape index (κ2) is 8.83. The van der Waals surface area contributed by atoms with E-state index in [9.17, 15) is 9.18 Å². The largest absolute Gasteiger partial charge is 0.492 e. The zero-order valence-electron chi connectivity index (χ0n) is 16.3. The number of carbonyl (C=O) groups is 1. The maximum absolute atomic E-state index is 13.7. The maximum atomic E-state index is 13.7. The van der Waals surface area contributed by atoms with Crippen LogP contribution in [0.2, 0.25) is 0 Å². The number of nitrogens with one attached hydrogen (secondary N) is 1. The number of methoxy groups -OCH3 is 1. The first kappa shape index (κ1) is 21.6. The smallest absolute Gasteiger partial charge is 0.289 e. The van der Waals surface area contributed by atoms with Crippen molar-refractivity contribution < 1.29 is 28.2 Å². The van der Waals surface area contributed by atoms with Gasteiger partial charge in [-0.1, -0.05) is 30.3 Å². The van der Waals surface area contributed by atoms with Crippen LogP contribution in [0.4, 0.5) is 4.39 Å². The summed E-state index contributed by atoms with van der Waals surface area (Å²) < 4.78 is 31.4. The third-order valence-corrected chi connectivity index (χ3v) is 6.41. The Bertz CT molecular complexity index is 1110. The van der Waals surface area contributed by atoms with Crippen LogP contribution in [0.3, 0.4) is 0 Å². The third-order valence-electron chi connectivity index (χ3n) is 4.84. The number of hydrogen-bond acceptors (Lipinski definition) is 7. The number of carbonyl (C=O) groups excluding carboxylic acids is 1. The fraction of sp³-hybridized carbons (Fsp3) is 0.250. The molecule has 1 amide bonds. The molecule has 0 unspecified atom stereocenters. The molecule has 11 heteroatoms. The van der Waals surface area contributed by atoms with Gasteiger partial charge in [0.1, 0.15) is 5.82 Å². The summed E-state index contributed by atoms with van der Waals surface area (Å²) in [6.07, 6.45) is 0.616. The molecule has 0 aromatic heterocycles. The number of oxime groups is 1. The molecule has 0 saturated carbocycles. The highest BCUT2D eigenvalue weighted by Crippen LogP contribution is 2.55. The van der Waals surface area contributed by atoms with Gasteiger partial charge < -0.3 is 19.0 Å². The van der Waals surface area contributed by atoms with E-state index >= 15 is 0 Å². The number of halogens is 3. The number of amides is 1. The molecule has 2 aliphatic rings. The highest BCUT2D eigenvalue weighted by Gasteiger charge is 2.41. The molecular formula is C20H16Br2FN3O5.